The van der Waals surface area contributed by atoms with Gasteiger partial charge >= 0.3 is 0 Å². The Morgan fingerprint density at radius 1 is 1.16 bits per heavy atom. The van der Waals surface area contributed by atoms with Crippen molar-refractivity contribution in [1.82, 2.24) is 20.0 Å². The second kappa shape index (κ2) is 8.20. The van der Waals surface area contributed by atoms with Crippen LogP contribution in [-0.2, 0) is 4.79 Å². The monoisotopic (exact) mass is 439 g/mol. The third-order valence-electron chi connectivity index (χ3n) is 6.87. The van der Waals surface area contributed by atoms with Gasteiger partial charge in [-0.25, -0.2) is 17.9 Å². The quantitative estimate of drug-likeness (QED) is 0.738. The molecule has 1 saturated heterocycles. The fourth-order valence-electron chi connectivity index (χ4n) is 4.78. The van der Waals surface area contributed by atoms with Gasteiger partial charge in [0.25, 0.3) is 5.91 Å². The first-order valence-corrected chi connectivity index (χ1v) is 10.8. The Bertz CT molecular complexity index is 876. The number of halogens is 3. The first-order chi connectivity index (χ1) is 14.7. The number of carbonyl (C=O) groups excluding carboxylic acids is 2. The highest BCUT2D eigenvalue weighted by atomic mass is 19.3. The number of likely N-dealkylation sites (tertiary alicyclic amines) is 1. The summed E-state index contributed by atoms with van der Waals surface area (Å²) in [4.78, 5) is 26.9. The second-order valence-corrected chi connectivity index (χ2v) is 8.92. The third kappa shape index (κ3) is 4.29. The summed E-state index contributed by atoms with van der Waals surface area (Å²) >= 11 is 0. The van der Waals surface area contributed by atoms with E-state index in [0.717, 1.165) is 0 Å². The van der Waals surface area contributed by atoms with Crippen LogP contribution in [0.2, 0.25) is 0 Å². The summed E-state index contributed by atoms with van der Waals surface area (Å²) in [5.41, 5.74) is 6.68. The minimum Gasteiger partial charge on any atom is -0.383 e. The van der Waals surface area contributed by atoms with Crippen LogP contribution in [0.25, 0.3) is 0 Å². The predicted octanol–water partition coefficient (Wildman–Crippen LogP) is 3.06. The summed E-state index contributed by atoms with van der Waals surface area (Å²) in [5.74, 6) is -3.61. The predicted molar refractivity (Wildman–Crippen MR) is 108 cm³/mol. The Kier molecular flexibility index (Phi) is 5.74. The van der Waals surface area contributed by atoms with Gasteiger partial charge in [-0.3, -0.25) is 9.59 Å². The van der Waals surface area contributed by atoms with E-state index < -0.39 is 18.0 Å². The molecule has 2 heterocycles. The SMILES string of the molecule is C=C(NC(=O)c1cnn(C2CCC(F)(F)CC2)c1N)[C@H]1CC[C@@H]1C(=O)N1CC[C@@H](F)C1. The number of nitrogens with zero attached hydrogens (tertiary/aromatic N) is 3. The molecule has 1 aliphatic heterocycles. The van der Waals surface area contributed by atoms with Crippen LogP contribution in [0, 0.1) is 11.8 Å². The Morgan fingerprint density at radius 2 is 1.84 bits per heavy atom. The van der Waals surface area contributed by atoms with Gasteiger partial charge in [-0.2, -0.15) is 5.10 Å². The number of hydrogen-bond donors (Lipinski definition) is 2. The number of alkyl halides is 3. The number of aromatic nitrogens is 2. The van der Waals surface area contributed by atoms with Crippen molar-refractivity contribution in [3.63, 3.8) is 0 Å². The highest BCUT2D eigenvalue weighted by molar-refractivity contribution is 5.99. The van der Waals surface area contributed by atoms with Crippen molar-refractivity contribution in [3.8, 4) is 0 Å². The van der Waals surface area contributed by atoms with Crippen LogP contribution in [0.1, 0.15) is 61.3 Å². The summed E-state index contributed by atoms with van der Waals surface area (Å²) in [5, 5.41) is 6.88. The van der Waals surface area contributed by atoms with Gasteiger partial charge in [-0.15, -0.1) is 0 Å². The zero-order valence-electron chi connectivity index (χ0n) is 17.3. The standard InChI is InChI=1S/C21H28F3N5O2/c1-12(15-2-3-16(15)20(31)28-9-6-13(22)11-28)27-19(30)17-10-26-29(18(17)25)14-4-7-21(23,24)8-5-14/h10,13-16H,1-9,11,25H2,(H,27,30)/t13-,15-,16+/m1/s1. The van der Waals surface area contributed by atoms with E-state index >= 15 is 0 Å². The van der Waals surface area contributed by atoms with E-state index in [-0.39, 0.29) is 67.4 Å². The van der Waals surface area contributed by atoms with Gasteiger partial charge in [0, 0.05) is 36.9 Å². The van der Waals surface area contributed by atoms with Gasteiger partial charge in [0.05, 0.1) is 18.8 Å². The second-order valence-electron chi connectivity index (χ2n) is 8.92. The number of hydrogen-bond acceptors (Lipinski definition) is 4. The van der Waals surface area contributed by atoms with Crippen molar-refractivity contribution in [1.29, 1.82) is 0 Å². The molecule has 2 amide bonds. The van der Waals surface area contributed by atoms with E-state index in [1.165, 1.54) is 10.9 Å². The van der Waals surface area contributed by atoms with E-state index in [9.17, 15) is 22.8 Å². The molecule has 0 spiro atoms. The molecule has 3 aliphatic rings. The zero-order chi connectivity index (χ0) is 22.3. The van der Waals surface area contributed by atoms with E-state index in [2.05, 4.69) is 17.0 Å². The molecule has 10 heteroatoms. The highest BCUT2D eigenvalue weighted by Gasteiger charge is 2.42. The van der Waals surface area contributed by atoms with Crippen LogP contribution in [-0.4, -0.2) is 51.7 Å². The number of nitrogens with two attached hydrogens (primary N) is 1. The van der Waals surface area contributed by atoms with Gasteiger partial charge < -0.3 is 16.0 Å². The molecular weight excluding hydrogens is 411 g/mol. The number of carbonyl (C=O) groups is 2. The first kappa shape index (κ1) is 21.7. The Morgan fingerprint density at radius 3 is 2.42 bits per heavy atom. The Hall–Kier alpha value is -2.52. The first-order valence-electron chi connectivity index (χ1n) is 10.8. The van der Waals surface area contributed by atoms with Crippen LogP contribution < -0.4 is 11.1 Å². The zero-order valence-corrected chi connectivity index (χ0v) is 17.3. The fourth-order valence-corrected chi connectivity index (χ4v) is 4.78. The van der Waals surface area contributed by atoms with Crippen LogP contribution in [0.5, 0.6) is 0 Å². The van der Waals surface area contributed by atoms with E-state index in [0.29, 0.717) is 31.5 Å². The topological polar surface area (TPSA) is 93.2 Å². The summed E-state index contributed by atoms with van der Waals surface area (Å²) in [6, 6.07) is -0.266. The van der Waals surface area contributed by atoms with E-state index in [1.807, 2.05) is 0 Å². The molecule has 3 fully saturated rings. The molecule has 0 aromatic carbocycles. The number of anilines is 1. The molecule has 3 N–H and O–H groups in total. The lowest BCUT2D eigenvalue weighted by molar-refractivity contribution is -0.139. The largest absolute Gasteiger partial charge is 0.383 e. The molecule has 2 aliphatic carbocycles. The molecular formula is C21H28F3N5O2. The molecule has 2 saturated carbocycles. The van der Waals surface area contributed by atoms with Crippen molar-refractivity contribution in [2.24, 2.45) is 11.8 Å². The lowest BCUT2D eigenvalue weighted by atomic mass is 9.71. The molecule has 7 nitrogen and oxygen atoms in total. The van der Waals surface area contributed by atoms with Gasteiger partial charge in [0.2, 0.25) is 11.8 Å². The lowest BCUT2D eigenvalue weighted by Crippen LogP contribution is -2.45. The molecule has 170 valence electrons. The minimum atomic E-state index is -2.66. The van der Waals surface area contributed by atoms with Crippen molar-refractivity contribution in [2.45, 2.75) is 63.1 Å². The Labute approximate surface area is 178 Å². The number of nitrogen functional groups attached to an aromatic ring is 1. The van der Waals surface area contributed by atoms with E-state index in [1.54, 1.807) is 4.90 Å². The molecule has 1 aromatic heterocycles. The van der Waals surface area contributed by atoms with Crippen molar-refractivity contribution >= 4 is 17.6 Å². The highest BCUT2D eigenvalue weighted by Crippen LogP contribution is 2.41. The number of amides is 2. The molecule has 1 aromatic rings. The number of rotatable bonds is 5. The molecule has 4 rings (SSSR count). The fraction of sp³-hybridized carbons (Fsp3) is 0.667. The minimum absolute atomic E-state index is 0.0896. The summed E-state index contributed by atoms with van der Waals surface area (Å²) in [7, 11) is 0. The van der Waals surface area contributed by atoms with Crippen molar-refractivity contribution in [3.05, 3.63) is 24.0 Å². The Balaban J connectivity index is 1.36. The van der Waals surface area contributed by atoms with Crippen molar-refractivity contribution < 1.29 is 22.8 Å². The van der Waals surface area contributed by atoms with Crippen LogP contribution in [0.15, 0.2) is 18.5 Å². The van der Waals surface area contributed by atoms with Crippen LogP contribution in [0.4, 0.5) is 19.0 Å². The molecule has 3 atom stereocenters. The van der Waals surface area contributed by atoms with E-state index in [4.69, 9.17) is 5.73 Å². The number of nitrogens with one attached hydrogen (secondary N) is 1. The summed E-state index contributed by atoms with van der Waals surface area (Å²) in [6.07, 6.45) is 2.15. The van der Waals surface area contributed by atoms with Crippen LogP contribution >= 0.6 is 0 Å². The molecule has 0 unspecified atom stereocenters. The maximum absolute atomic E-state index is 13.4. The average molecular weight is 439 g/mol. The molecule has 31 heavy (non-hydrogen) atoms. The molecule has 0 bridgehead atoms. The normalized spacial score (nSPS) is 28.2. The van der Waals surface area contributed by atoms with Gasteiger partial charge in [0.15, 0.2) is 0 Å². The summed E-state index contributed by atoms with van der Waals surface area (Å²) in [6.45, 7) is 4.48. The van der Waals surface area contributed by atoms with Gasteiger partial charge in [0.1, 0.15) is 17.6 Å². The maximum atomic E-state index is 13.4. The van der Waals surface area contributed by atoms with Crippen LogP contribution in [0.3, 0.4) is 0 Å². The lowest BCUT2D eigenvalue weighted by Gasteiger charge is -2.38. The average Bonchev–Trinajstić information content (AvgIpc) is 3.27. The van der Waals surface area contributed by atoms with Crippen molar-refractivity contribution in [2.75, 3.05) is 18.8 Å². The third-order valence-corrected chi connectivity index (χ3v) is 6.87. The maximum Gasteiger partial charge on any atom is 0.260 e. The summed E-state index contributed by atoms with van der Waals surface area (Å²) < 4.78 is 41.7. The molecule has 0 radical (unpaired) electrons. The smallest absolute Gasteiger partial charge is 0.260 e. The van der Waals surface area contributed by atoms with Gasteiger partial charge in [-0.1, -0.05) is 6.58 Å². The van der Waals surface area contributed by atoms with Gasteiger partial charge in [-0.05, 0) is 32.1 Å². The number of allylic oxidation sites excluding steroid dienone is 1.